The van der Waals surface area contributed by atoms with E-state index in [9.17, 15) is 9.59 Å². The van der Waals surface area contributed by atoms with Crippen molar-refractivity contribution in [1.82, 2.24) is 9.38 Å². The molecule has 1 amide bonds. The summed E-state index contributed by atoms with van der Waals surface area (Å²) in [5.41, 5.74) is 1.98. The number of rotatable bonds is 5. The fraction of sp³-hybridized carbons (Fsp3) is 0.105. The highest BCUT2D eigenvalue weighted by atomic mass is 32.1. The summed E-state index contributed by atoms with van der Waals surface area (Å²) in [6, 6.07) is 10.6. The van der Waals surface area contributed by atoms with Crippen LogP contribution in [-0.4, -0.2) is 15.3 Å². The van der Waals surface area contributed by atoms with Crippen molar-refractivity contribution in [1.29, 1.82) is 0 Å². The molecule has 0 bridgehead atoms. The normalized spacial score (nSPS) is 10.9. The average Bonchev–Trinajstić information content (AvgIpc) is 3.33. The van der Waals surface area contributed by atoms with Crippen LogP contribution in [0.4, 0.5) is 5.69 Å². The van der Waals surface area contributed by atoms with Crippen molar-refractivity contribution in [3.8, 4) is 5.75 Å². The van der Waals surface area contributed by atoms with Crippen molar-refractivity contribution in [2.24, 2.45) is 0 Å². The summed E-state index contributed by atoms with van der Waals surface area (Å²) in [7, 11) is 0. The monoisotopic (exact) mass is 397 g/mol. The molecule has 27 heavy (non-hydrogen) atoms. The molecule has 0 aliphatic heterocycles. The molecule has 3 heterocycles. The number of hydrogen-bond acceptors (Lipinski definition) is 6. The first-order chi connectivity index (χ1) is 13.1. The molecule has 0 radical (unpaired) electrons. The molecule has 0 saturated heterocycles. The lowest BCUT2D eigenvalue weighted by molar-refractivity contribution is 0.103. The van der Waals surface area contributed by atoms with E-state index in [-0.39, 0.29) is 18.1 Å². The van der Waals surface area contributed by atoms with Gasteiger partial charge in [-0.15, -0.1) is 22.7 Å². The van der Waals surface area contributed by atoms with Gasteiger partial charge in [-0.2, -0.15) is 0 Å². The van der Waals surface area contributed by atoms with Gasteiger partial charge in [-0.1, -0.05) is 12.1 Å². The summed E-state index contributed by atoms with van der Waals surface area (Å²) in [5.74, 6) is 0.343. The topological polar surface area (TPSA) is 72.7 Å². The summed E-state index contributed by atoms with van der Waals surface area (Å²) < 4.78 is 7.35. The molecule has 4 rings (SSSR count). The molecule has 4 aromatic rings. The maximum Gasteiger partial charge on any atom is 0.265 e. The Morgan fingerprint density at radius 2 is 2.11 bits per heavy atom. The Labute approximate surface area is 162 Å². The predicted octanol–water partition coefficient (Wildman–Crippen LogP) is 3.96. The van der Waals surface area contributed by atoms with Gasteiger partial charge < -0.3 is 10.1 Å². The summed E-state index contributed by atoms with van der Waals surface area (Å²) in [4.78, 5) is 30.1. The number of amides is 1. The van der Waals surface area contributed by atoms with Crippen molar-refractivity contribution >= 4 is 39.2 Å². The second-order valence-corrected chi connectivity index (χ2v) is 7.68. The number of carbonyl (C=O) groups is 1. The highest BCUT2D eigenvalue weighted by molar-refractivity contribution is 7.15. The van der Waals surface area contributed by atoms with Crippen LogP contribution in [0.15, 0.2) is 58.1 Å². The molecule has 1 N–H and O–H groups in total. The lowest BCUT2D eigenvalue weighted by atomic mass is 10.2. The van der Waals surface area contributed by atoms with Crippen LogP contribution >= 0.6 is 22.7 Å². The summed E-state index contributed by atoms with van der Waals surface area (Å²) >= 11 is 2.77. The molecular formula is C19H15N3O3S2. The minimum Gasteiger partial charge on any atom is -0.485 e. The van der Waals surface area contributed by atoms with Crippen LogP contribution in [-0.2, 0) is 6.61 Å². The highest BCUT2D eigenvalue weighted by Crippen LogP contribution is 2.27. The molecule has 1 aromatic carbocycles. The third-order valence-corrected chi connectivity index (χ3v) is 5.49. The number of aryl methyl sites for hydroxylation is 1. The van der Waals surface area contributed by atoms with Gasteiger partial charge >= 0.3 is 0 Å². The number of thiophene rings is 1. The Bertz CT molecular complexity index is 1160. The van der Waals surface area contributed by atoms with Crippen LogP contribution in [0.2, 0.25) is 0 Å². The van der Waals surface area contributed by atoms with Crippen molar-refractivity contribution in [3.05, 3.63) is 79.8 Å². The average molecular weight is 397 g/mol. The number of ether oxygens (including phenoxy) is 1. The number of thiazole rings is 1. The Morgan fingerprint density at radius 1 is 1.22 bits per heavy atom. The van der Waals surface area contributed by atoms with Gasteiger partial charge in [-0.05, 0) is 36.1 Å². The molecule has 0 aliphatic rings. The second-order valence-electron chi connectivity index (χ2n) is 5.86. The van der Waals surface area contributed by atoms with E-state index in [1.165, 1.54) is 33.1 Å². The summed E-state index contributed by atoms with van der Waals surface area (Å²) in [6.45, 7) is 2.08. The van der Waals surface area contributed by atoms with Crippen LogP contribution in [0.1, 0.15) is 20.9 Å². The zero-order valence-corrected chi connectivity index (χ0v) is 16.0. The number of aromatic nitrogens is 2. The van der Waals surface area contributed by atoms with Crippen LogP contribution in [0.3, 0.4) is 0 Å². The third kappa shape index (κ3) is 3.76. The van der Waals surface area contributed by atoms with E-state index >= 15 is 0 Å². The van der Waals surface area contributed by atoms with Crippen LogP contribution in [0.5, 0.6) is 5.75 Å². The van der Waals surface area contributed by atoms with Gasteiger partial charge in [0.05, 0.1) is 16.3 Å². The largest absolute Gasteiger partial charge is 0.485 e. The van der Waals surface area contributed by atoms with E-state index in [0.29, 0.717) is 27.0 Å². The smallest absolute Gasteiger partial charge is 0.265 e. The molecule has 136 valence electrons. The Hall–Kier alpha value is -2.97. The lowest BCUT2D eigenvalue weighted by Crippen LogP contribution is -2.15. The number of fused-ring (bicyclic) bond motifs is 1. The number of benzene rings is 1. The molecule has 6 nitrogen and oxygen atoms in total. The predicted molar refractivity (Wildman–Crippen MR) is 107 cm³/mol. The van der Waals surface area contributed by atoms with Gasteiger partial charge in [0, 0.05) is 17.6 Å². The van der Waals surface area contributed by atoms with E-state index in [1.54, 1.807) is 18.3 Å². The first-order valence-corrected chi connectivity index (χ1v) is 9.90. The minimum atomic E-state index is -0.183. The second kappa shape index (κ2) is 7.34. The molecular weight excluding hydrogens is 382 g/mol. The van der Waals surface area contributed by atoms with E-state index in [0.717, 1.165) is 5.56 Å². The van der Waals surface area contributed by atoms with Gasteiger partial charge in [-0.25, -0.2) is 4.98 Å². The van der Waals surface area contributed by atoms with Crippen LogP contribution in [0.25, 0.3) is 4.96 Å². The van der Waals surface area contributed by atoms with Crippen LogP contribution < -0.4 is 15.6 Å². The van der Waals surface area contributed by atoms with E-state index in [4.69, 9.17) is 4.74 Å². The van der Waals surface area contributed by atoms with Gasteiger partial charge in [-0.3, -0.25) is 14.0 Å². The van der Waals surface area contributed by atoms with Crippen molar-refractivity contribution in [3.63, 3.8) is 0 Å². The molecule has 0 fully saturated rings. The SMILES string of the molecule is Cc1ccc(OCc2cc(=O)n3ccsc3n2)c(NC(=O)c2cccs2)c1. The van der Waals surface area contributed by atoms with Crippen molar-refractivity contribution < 1.29 is 9.53 Å². The number of hydrogen-bond donors (Lipinski definition) is 1. The quantitative estimate of drug-likeness (QED) is 0.553. The molecule has 3 aromatic heterocycles. The fourth-order valence-corrected chi connectivity index (χ4v) is 3.93. The van der Waals surface area contributed by atoms with Gasteiger partial charge in [0.25, 0.3) is 11.5 Å². The number of nitrogens with zero attached hydrogens (tertiary/aromatic N) is 2. The van der Waals surface area contributed by atoms with Crippen molar-refractivity contribution in [2.75, 3.05) is 5.32 Å². The van der Waals surface area contributed by atoms with Gasteiger partial charge in [0.15, 0.2) is 4.96 Å². The van der Waals surface area contributed by atoms with Crippen LogP contribution in [0, 0.1) is 6.92 Å². The minimum absolute atomic E-state index is 0.134. The summed E-state index contributed by atoms with van der Waals surface area (Å²) in [6.07, 6.45) is 1.69. The molecule has 0 spiro atoms. The van der Waals surface area contributed by atoms with Gasteiger partial charge in [0.1, 0.15) is 12.4 Å². The Balaban J connectivity index is 1.56. The third-order valence-electron chi connectivity index (χ3n) is 3.86. The zero-order valence-electron chi connectivity index (χ0n) is 14.3. The Kier molecular flexibility index (Phi) is 4.74. The maximum atomic E-state index is 12.4. The first kappa shape index (κ1) is 17.4. The van der Waals surface area contributed by atoms with E-state index in [1.807, 2.05) is 35.9 Å². The molecule has 8 heteroatoms. The Morgan fingerprint density at radius 3 is 2.93 bits per heavy atom. The van der Waals surface area contributed by atoms with E-state index < -0.39 is 0 Å². The number of nitrogens with one attached hydrogen (secondary N) is 1. The van der Waals surface area contributed by atoms with Crippen molar-refractivity contribution in [2.45, 2.75) is 13.5 Å². The fourth-order valence-electron chi connectivity index (χ4n) is 2.57. The zero-order chi connectivity index (χ0) is 18.8. The highest BCUT2D eigenvalue weighted by Gasteiger charge is 2.12. The first-order valence-electron chi connectivity index (χ1n) is 8.14. The number of anilines is 1. The standard InChI is InChI=1S/C19H15N3O3S2/c1-12-4-5-15(14(9-12)21-18(24)16-3-2-7-26-16)25-11-13-10-17(23)22-6-8-27-19(22)20-13/h2-10H,11H2,1H3,(H,21,24). The van der Waals surface area contributed by atoms with E-state index in [2.05, 4.69) is 10.3 Å². The molecule has 0 atom stereocenters. The summed E-state index contributed by atoms with van der Waals surface area (Å²) in [5, 5.41) is 6.56. The van der Waals surface area contributed by atoms with Gasteiger partial charge in [0.2, 0.25) is 0 Å². The molecule has 0 saturated carbocycles. The molecule has 0 aliphatic carbocycles. The number of carbonyl (C=O) groups excluding carboxylic acids is 1. The maximum absolute atomic E-state index is 12.4. The lowest BCUT2D eigenvalue weighted by Gasteiger charge is -2.13. The molecule has 0 unspecified atom stereocenters.